The molecule has 0 radical (unpaired) electrons. The second-order valence-corrected chi connectivity index (χ2v) is 6.77. The lowest BCUT2D eigenvalue weighted by Crippen LogP contribution is -2.43. The van der Waals surface area contributed by atoms with Gasteiger partial charge in [-0.05, 0) is 33.1 Å². The minimum absolute atomic E-state index is 0. The van der Waals surface area contributed by atoms with Gasteiger partial charge in [-0.15, -0.1) is 0 Å². The Labute approximate surface area is 122 Å². The molecule has 0 bridgehead atoms. The van der Waals surface area contributed by atoms with Crippen molar-refractivity contribution >= 4 is 6.09 Å². The first kappa shape index (κ1) is 19.1. The van der Waals surface area contributed by atoms with Crippen LogP contribution in [0.2, 0.25) is 0 Å². The van der Waals surface area contributed by atoms with Crippen LogP contribution in [0, 0.1) is 5.92 Å². The SMILES string of the molecule is CC(C)C[C@H]1CN(C(=O)OC(C)(C)C)CC(O)CN1.N. The first-order valence-corrected chi connectivity index (χ1v) is 7.06. The highest BCUT2D eigenvalue weighted by molar-refractivity contribution is 5.68. The monoisotopic (exact) mass is 289 g/mol. The molecule has 6 heteroatoms. The van der Waals surface area contributed by atoms with Crippen LogP contribution in [0.1, 0.15) is 41.0 Å². The van der Waals surface area contributed by atoms with E-state index in [1.807, 2.05) is 20.8 Å². The van der Waals surface area contributed by atoms with Crippen molar-refractivity contribution in [1.29, 1.82) is 0 Å². The van der Waals surface area contributed by atoms with Crippen molar-refractivity contribution in [3.8, 4) is 0 Å². The number of aliphatic hydroxyl groups excluding tert-OH is 1. The Hall–Kier alpha value is -0.850. The number of β-amino-alcohol motifs (C(OH)–C–C–N with tert-alkyl or cyclic N) is 1. The van der Waals surface area contributed by atoms with Crippen LogP contribution in [0.4, 0.5) is 4.79 Å². The Morgan fingerprint density at radius 2 is 2.00 bits per heavy atom. The van der Waals surface area contributed by atoms with Gasteiger partial charge in [0.05, 0.1) is 12.6 Å². The molecule has 1 rings (SSSR count). The largest absolute Gasteiger partial charge is 0.444 e. The van der Waals surface area contributed by atoms with E-state index in [1.165, 1.54) is 0 Å². The molecule has 1 heterocycles. The van der Waals surface area contributed by atoms with Gasteiger partial charge in [-0.1, -0.05) is 13.8 Å². The Bertz CT molecular complexity index is 303. The van der Waals surface area contributed by atoms with E-state index in [-0.39, 0.29) is 18.3 Å². The van der Waals surface area contributed by atoms with Crippen LogP contribution in [0.15, 0.2) is 0 Å². The van der Waals surface area contributed by atoms with Gasteiger partial charge in [-0.25, -0.2) is 4.79 Å². The summed E-state index contributed by atoms with van der Waals surface area (Å²) in [5.41, 5.74) is -0.505. The number of amides is 1. The number of carbonyl (C=O) groups is 1. The van der Waals surface area contributed by atoms with Crippen LogP contribution >= 0.6 is 0 Å². The molecule has 20 heavy (non-hydrogen) atoms. The highest BCUT2D eigenvalue weighted by atomic mass is 16.6. The second kappa shape index (κ2) is 7.81. The third-order valence-electron chi connectivity index (χ3n) is 2.92. The second-order valence-electron chi connectivity index (χ2n) is 6.77. The summed E-state index contributed by atoms with van der Waals surface area (Å²) in [7, 11) is 0. The van der Waals surface area contributed by atoms with Gasteiger partial charge in [0.1, 0.15) is 5.60 Å². The summed E-state index contributed by atoms with van der Waals surface area (Å²) in [4.78, 5) is 13.7. The van der Waals surface area contributed by atoms with Crippen molar-refractivity contribution in [2.24, 2.45) is 5.92 Å². The van der Waals surface area contributed by atoms with Crippen molar-refractivity contribution in [3.63, 3.8) is 0 Å². The molecule has 1 aliphatic rings. The van der Waals surface area contributed by atoms with Crippen LogP contribution in [-0.4, -0.2) is 53.5 Å². The summed E-state index contributed by atoms with van der Waals surface area (Å²) < 4.78 is 5.38. The molecule has 1 saturated heterocycles. The molecule has 1 unspecified atom stereocenters. The summed E-state index contributed by atoms with van der Waals surface area (Å²) in [5.74, 6) is 0.549. The lowest BCUT2D eigenvalue weighted by molar-refractivity contribution is 0.0172. The number of ether oxygens (including phenoxy) is 1. The number of nitrogens with zero attached hydrogens (tertiary/aromatic N) is 1. The molecular weight excluding hydrogens is 258 g/mol. The van der Waals surface area contributed by atoms with Crippen molar-refractivity contribution in [2.45, 2.75) is 58.8 Å². The molecule has 2 atom stereocenters. The number of carbonyl (C=O) groups excluding carboxylic acids is 1. The fourth-order valence-corrected chi connectivity index (χ4v) is 2.23. The average molecular weight is 289 g/mol. The molecule has 0 saturated carbocycles. The van der Waals surface area contributed by atoms with E-state index in [0.717, 1.165) is 6.42 Å². The molecule has 1 amide bonds. The van der Waals surface area contributed by atoms with Crippen LogP contribution in [0.5, 0.6) is 0 Å². The van der Waals surface area contributed by atoms with Crippen molar-refractivity contribution < 1.29 is 14.6 Å². The van der Waals surface area contributed by atoms with Crippen molar-refractivity contribution in [2.75, 3.05) is 19.6 Å². The van der Waals surface area contributed by atoms with Gasteiger partial charge in [0.25, 0.3) is 0 Å². The quantitative estimate of drug-likeness (QED) is 0.720. The zero-order chi connectivity index (χ0) is 14.6. The summed E-state index contributed by atoms with van der Waals surface area (Å²) >= 11 is 0. The average Bonchev–Trinajstić information content (AvgIpc) is 2.38. The fourth-order valence-electron chi connectivity index (χ4n) is 2.23. The maximum atomic E-state index is 12.1. The first-order chi connectivity index (χ1) is 8.67. The Balaban J connectivity index is 0.00000361. The summed E-state index contributed by atoms with van der Waals surface area (Å²) in [5, 5.41) is 13.2. The van der Waals surface area contributed by atoms with Gasteiger partial charge in [0.15, 0.2) is 0 Å². The molecule has 120 valence electrons. The summed E-state index contributed by atoms with van der Waals surface area (Å²) in [6.45, 7) is 11.3. The van der Waals surface area contributed by atoms with E-state index < -0.39 is 11.7 Å². The lowest BCUT2D eigenvalue weighted by atomic mass is 10.0. The van der Waals surface area contributed by atoms with E-state index in [9.17, 15) is 9.90 Å². The van der Waals surface area contributed by atoms with E-state index in [2.05, 4.69) is 19.2 Å². The van der Waals surface area contributed by atoms with Gasteiger partial charge in [-0.3, -0.25) is 0 Å². The van der Waals surface area contributed by atoms with Crippen molar-refractivity contribution in [1.82, 2.24) is 16.4 Å². The normalized spacial score (nSPS) is 24.1. The predicted octanol–water partition coefficient (Wildman–Crippen LogP) is 1.76. The van der Waals surface area contributed by atoms with Gasteiger partial charge in [0, 0.05) is 19.1 Å². The Morgan fingerprint density at radius 3 is 2.50 bits per heavy atom. The number of hydrogen-bond acceptors (Lipinski definition) is 5. The molecule has 0 aromatic carbocycles. The lowest BCUT2D eigenvalue weighted by Gasteiger charge is -2.29. The van der Waals surface area contributed by atoms with E-state index in [4.69, 9.17) is 4.74 Å². The van der Waals surface area contributed by atoms with Crippen LogP contribution in [0.3, 0.4) is 0 Å². The van der Waals surface area contributed by atoms with Gasteiger partial charge in [-0.2, -0.15) is 0 Å². The molecule has 0 aromatic heterocycles. The smallest absolute Gasteiger partial charge is 0.410 e. The minimum atomic E-state index is -0.537. The van der Waals surface area contributed by atoms with E-state index in [1.54, 1.807) is 4.90 Å². The fraction of sp³-hybridized carbons (Fsp3) is 0.929. The highest BCUT2D eigenvalue weighted by Crippen LogP contribution is 2.14. The molecular formula is C14H31N3O3. The molecule has 0 aromatic rings. The zero-order valence-corrected chi connectivity index (χ0v) is 13.5. The van der Waals surface area contributed by atoms with Gasteiger partial charge >= 0.3 is 6.09 Å². The number of hydrogen-bond donors (Lipinski definition) is 3. The van der Waals surface area contributed by atoms with E-state index >= 15 is 0 Å². The molecule has 6 nitrogen and oxygen atoms in total. The molecule has 0 spiro atoms. The number of rotatable bonds is 2. The van der Waals surface area contributed by atoms with Crippen molar-refractivity contribution in [3.05, 3.63) is 0 Å². The van der Waals surface area contributed by atoms with Crippen LogP contribution < -0.4 is 11.5 Å². The van der Waals surface area contributed by atoms with Gasteiger partial charge in [0.2, 0.25) is 0 Å². The summed E-state index contributed by atoms with van der Waals surface area (Å²) in [6, 6.07) is 0.213. The maximum absolute atomic E-state index is 12.1. The topological polar surface area (TPSA) is 96.8 Å². The minimum Gasteiger partial charge on any atom is -0.444 e. The first-order valence-electron chi connectivity index (χ1n) is 7.06. The van der Waals surface area contributed by atoms with Crippen LogP contribution in [-0.2, 0) is 4.74 Å². The predicted molar refractivity (Wildman–Crippen MR) is 80.1 cm³/mol. The van der Waals surface area contributed by atoms with E-state index in [0.29, 0.717) is 25.6 Å². The molecule has 1 aliphatic heterocycles. The number of nitrogens with one attached hydrogen (secondary N) is 1. The maximum Gasteiger partial charge on any atom is 0.410 e. The Kier molecular flexibility index (Phi) is 7.47. The van der Waals surface area contributed by atoms with Crippen LogP contribution in [0.25, 0.3) is 0 Å². The highest BCUT2D eigenvalue weighted by Gasteiger charge is 2.29. The summed E-state index contributed by atoms with van der Waals surface area (Å²) in [6.07, 6.45) is 0.0973. The standard InChI is InChI=1S/C14H28N2O3.H3N/c1-10(2)6-11-8-16(9-12(17)7-15-11)13(18)19-14(3,4)5;/h10-12,15,17H,6-9H2,1-5H3;1H3/t11-,12?;/m0./s1. The molecule has 0 aliphatic carbocycles. The Morgan fingerprint density at radius 1 is 1.40 bits per heavy atom. The third-order valence-corrected chi connectivity index (χ3v) is 2.92. The number of aliphatic hydroxyl groups is 1. The van der Waals surface area contributed by atoms with Gasteiger partial charge < -0.3 is 26.2 Å². The molecule has 1 fully saturated rings. The zero-order valence-electron chi connectivity index (χ0n) is 13.5. The molecule has 5 N–H and O–H groups in total. The third kappa shape index (κ3) is 7.07.